The van der Waals surface area contributed by atoms with Gasteiger partial charge in [-0.15, -0.1) is 0 Å². The first-order valence-corrected chi connectivity index (χ1v) is 7.66. The van der Waals surface area contributed by atoms with Crippen molar-refractivity contribution in [3.05, 3.63) is 48.5 Å². The maximum absolute atomic E-state index is 13.7. The number of nitrogens with zero attached hydrogens (tertiary/aromatic N) is 1. The fourth-order valence-electron chi connectivity index (χ4n) is 1.30. The Bertz CT molecular complexity index is 461. The van der Waals surface area contributed by atoms with E-state index in [0.717, 1.165) is 10.5 Å². The highest BCUT2D eigenvalue weighted by molar-refractivity contribution is 14.2. The zero-order valence-corrected chi connectivity index (χ0v) is 10.6. The Morgan fingerprint density at radius 3 is 2.73 bits per heavy atom. The Hall–Kier alpha value is -0.620. The minimum absolute atomic E-state index is 0.204. The van der Waals surface area contributed by atoms with Gasteiger partial charge in [0.2, 0.25) is 0 Å². The van der Waals surface area contributed by atoms with Gasteiger partial charge in [-0.25, -0.2) is 4.39 Å². The first kappa shape index (κ1) is 10.9. The first-order valence-electron chi connectivity index (χ1n) is 4.30. The molecule has 0 spiro atoms. The van der Waals surface area contributed by atoms with Crippen LogP contribution in [0.3, 0.4) is 0 Å². The molecule has 1 nitrogen and oxygen atoms in total. The van der Waals surface area contributed by atoms with Crippen molar-refractivity contribution >= 4 is 30.1 Å². The second-order valence-electron chi connectivity index (χ2n) is 2.96. The van der Waals surface area contributed by atoms with E-state index in [2.05, 4.69) is 26.2 Å². The van der Waals surface area contributed by atoms with Gasteiger partial charge in [0.25, 0.3) is 0 Å². The lowest BCUT2D eigenvalue weighted by molar-refractivity contribution is 0.628. The van der Waals surface area contributed by atoms with Gasteiger partial charge in [-0.2, -0.15) is 0 Å². The Morgan fingerprint density at radius 1 is 1.27 bits per heavy atom. The van der Waals surface area contributed by atoms with E-state index in [1.165, 1.54) is 8.93 Å². The van der Waals surface area contributed by atoms with Crippen LogP contribution in [0.25, 0.3) is 11.1 Å². The Labute approximate surface area is 104 Å². The van der Waals surface area contributed by atoms with Gasteiger partial charge in [0.05, 0.1) is 0 Å². The van der Waals surface area contributed by atoms with Crippen molar-refractivity contribution in [2.75, 3.05) is 0 Å². The largest absolute Gasteiger partial charge is 0.264 e. The van der Waals surface area contributed by atoms with Crippen LogP contribution in [0.4, 0.5) is 4.39 Å². The first-order chi connectivity index (χ1) is 7.31. The molecule has 1 aromatic heterocycles. The third-order valence-electron chi connectivity index (χ3n) is 2.00. The fourth-order valence-corrected chi connectivity index (χ4v) is 2.39. The normalized spacial score (nSPS) is 10.3. The highest BCUT2D eigenvalue weighted by atomic mass is 127. The van der Waals surface area contributed by atoms with Crippen LogP contribution in [0, 0.1) is 5.82 Å². The van der Waals surface area contributed by atoms with Crippen molar-refractivity contribution in [3.63, 3.8) is 0 Å². The molecular weight excluding hydrogens is 324 g/mol. The van der Waals surface area contributed by atoms with Crippen molar-refractivity contribution < 1.29 is 4.39 Å². The summed E-state index contributed by atoms with van der Waals surface area (Å²) < 4.78 is 13.7. The quantitative estimate of drug-likeness (QED) is 0.760. The molecule has 0 atom stereocenters. The van der Waals surface area contributed by atoms with Crippen LogP contribution in [-0.4, -0.2) is 4.98 Å². The van der Waals surface area contributed by atoms with E-state index in [0.29, 0.717) is 5.56 Å². The molecule has 0 radical (unpaired) electrons. The topological polar surface area (TPSA) is 12.9 Å². The van der Waals surface area contributed by atoms with Crippen molar-refractivity contribution in [2.24, 2.45) is 0 Å². The SMILES string of the molecule is Fc1cc(SI)ccc1-c1cccnc1. The van der Waals surface area contributed by atoms with Gasteiger partial charge in [0, 0.05) is 49.6 Å². The molecule has 4 heteroatoms. The lowest BCUT2D eigenvalue weighted by Gasteiger charge is -2.03. The standard InChI is InChI=1S/C11H7FINS/c12-11-6-9(15-13)3-4-10(11)8-2-1-5-14-7-8/h1-7H. The summed E-state index contributed by atoms with van der Waals surface area (Å²) in [5, 5.41) is 0. The van der Waals surface area contributed by atoms with E-state index in [1.54, 1.807) is 30.6 Å². The zero-order valence-electron chi connectivity index (χ0n) is 7.65. The highest BCUT2D eigenvalue weighted by Gasteiger charge is 2.05. The zero-order chi connectivity index (χ0) is 10.7. The summed E-state index contributed by atoms with van der Waals surface area (Å²) in [5.74, 6) is -0.204. The number of benzene rings is 1. The molecule has 0 unspecified atom stereocenters. The van der Waals surface area contributed by atoms with E-state index >= 15 is 0 Å². The molecule has 0 N–H and O–H groups in total. The smallest absolute Gasteiger partial charge is 0.132 e. The number of pyridine rings is 1. The van der Waals surface area contributed by atoms with Crippen LogP contribution in [-0.2, 0) is 0 Å². The molecule has 2 rings (SSSR count). The molecule has 0 fully saturated rings. The molecule has 15 heavy (non-hydrogen) atoms. The molecule has 0 aliphatic carbocycles. The molecule has 0 saturated carbocycles. The van der Waals surface area contributed by atoms with Crippen molar-refractivity contribution in [1.29, 1.82) is 0 Å². The number of halogens is 2. The summed E-state index contributed by atoms with van der Waals surface area (Å²) in [7, 11) is 1.50. The number of hydrogen-bond donors (Lipinski definition) is 0. The molecule has 0 saturated heterocycles. The lowest BCUT2D eigenvalue weighted by Crippen LogP contribution is -1.85. The van der Waals surface area contributed by atoms with E-state index in [9.17, 15) is 4.39 Å². The van der Waals surface area contributed by atoms with Gasteiger partial charge >= 0.3 is 0 Å². The summed E-state index contributed by atoms with van der Waals surface area (Å²) in [6, 6.07) is 8.88. The minimum atomic E-state index is -0.204. The van der Waals surface area contributed by atoms with E-state index < -0.39 is 0 Å². The van der Waals surface area contributed by atoms with Crippen LogP contribution < -0.4 is 0 Å². The number of aromatic nitrogens is 1. The molecule has 0 bridgehead atoms. The van der Waals surface area contributed by atoms with Gasteiger partial charge in [0.15, 0.2) is 0 Å². The molecule has 1 aromatic carbocycles. The average molecular weight is 331 g/mol. The summed E-state index contributed by atoms with van der Waals surface area (Å²) in [6.07, 6.45) is 3.34. The van der Waals surface area contributed by atoms with Crippen LogP contribution in [0.2, 0.25) is 0 Å². The van der Waals surface area contributed by atoms with Gasteiger partial charge in [-0.1, -0.05) is 21.1 Å². The Kier molecular flexibility index (Phi) is 3.58. The van der Waals surface area contributed by atoms with Crippen molar-refractivity contribution in [2.45, 2.75) is 4.90 Å². The highest BCUT2D eigenvalue weighted by Crippen LogP contribution is 2.29. The van der Waals surface area contributed by atoms with E-state index in [-0.39, 0.29) is 5.82 Å². The lowest BCUT2D eigenvalue weighted by atomic mass is 10.1. The second kappa shape index (κ2) is 4.94. The molecule has 0 aliphatic rings. The van der Waals surface area contributed by atoms with E-state index in [4.69, 9.17) is 0 Å². The molecule has 0 amide bonds. The van der Waals surface area contributed by atoms with Gasteiger partial charge < -0.3 is 0 Å². The minimum Gasteiger partial charge on any atom is -0.264 e. The second-order valence-corrected chi connectivity index (χ2v) is 4.91. The van der Waals surface area contributed by atoms with E-state index in [1.807, 2.05) is 12.1 Å². The van der Waals surface area contributed by atoms with Crippen molar-refractivity contribution in [1.82, 2.24) is 4.98 Å². The summed E-state index contributed by atoms with van der Waals surface area (Å²) in [5.41, 5.74) is 1.40. The van der Waals surface area contributed by atoms with Crippen LogP contribution >= 0.6 is 30.1 Å². The molecule has 2 aromatic rings. The monoisotopic (exact) mass is 331 g/mol. The maximum atomic E-state index is 13.7. The van der Waals surface area contributed by atoms with Gasteiger partial charge in [-0.3, -0.25) is 4.98 Å². The third kappa shape index (κ3) is 2.49. The predicted molar refractivity (Wildman–Crippen MR) is 69.5 cm³/mol. The Morgan fingerprint density at radius 2 is 2.13 bits per heavy atom. The molecule has 76 valence electrons. The van der Waals surface area contributed by atoms with Gasteiger partial charge in [-0.05, 0) is 18.2 Å². The van der Waals surface area contributed by atoms with Gasteiger partial charge in [0.1, 0.15) is 5.82 Å². The Balaban J connectivity index is 2.46. The number of hydrogen-bond acceptors (Lipinski definition) is 2. The molecule has 0 aliphatic heterocycles. The van der Waals surface area contributed by atoms with Crippen LogP contribution in [0.15, 0.2) is 47.6 Å². The maximum Gasteiger partial charge on any atom is 0.132 e. The number of rotatable bonds is 2. The summed E-state index contributed by atoms with van der Waals surface area (Å²) in [6.45, 7) is 0. The fraction of sp³-hybridized carbons (Fsp3) is 0. The van der Waals surface area contributed by atoms with Crippen LogP contribution in [0.1, 0.15) is 0 Å². The summed E-state index contributed by atoms with van der Waals surface area (Å²) >= 11 is 2.13. The third-order valence-corrected chi connectivity index (χ3v) is 3.96. The summed E-state index contributed by atoms with van der Waals surface area (Å²) in [4.78, 5) is 4.89. The van der Waals surface area contributed by atoms with Crippen molar-refractivity contribution in [3.8, 4) is 11.1 Å². The van der Waals surface area contributed by atoms with Crippen LogP contribution in [0.5, 0.6) is 0 Å². The average Bonchev–Trinajstić information content (AvgIpc) is 2.30. The molecular formula is C11H7FINS. The molecule has 1 heterocycles. The predicted octanol–water partition coefficient (Wildman–Crippen LogP) is 4.33.